The normalized spacial score (nSPS) is 10.6. The zero-order chi connectivity index (χ0) is 20.7. The summed E-state index contributed by atoms with van der Waals surface area (Å²) in [4.78, 5) is 22.3. The molecule has 0 atom stereocenters. The summed E-state index contributed by atoms with van der Waals surface area (Å²) in [5.41, 5.74) is 0. The van der Waals surface area contributed by atoms with Gasteiger partial charge in [0.2, 0.25) is 0 Å². The van der Waals surface area contributed by atoms with Crippen molar-refractivity contribution < 1.29 is 33.3 Å². The topological polar surface area (TPSA) is 80.3 Å². The quantitative estimate of drug-likeness (QED) is 0.165. The van der Waals surface area contributed by atoms with E-state index in [1.54, 1.807) is 0 Å². The second kappa shape index (κ2) is 21.9. The summed E-state index contributed by atoms with van der Waals surface area (Å²) < 4.78 is 25.8. The van der Waals surface area contributed by atoms with Crippen LogP contribution in [0.15, 0.2) is 12.7 Å². The Morgan fingerprint density at radius 2 is 1.14 bits per heavy atom. The van der Waals surface area contributed by atoms with Crippen LogP contribution >= 0.6 is 0 Å². The average Bonchev–Trinajstić information content (AvgIpc) is 2.70. The molecule has 0 rings (SSSR count). The monoisotopic (exact) mass is 402 g/mol. The highest BCUT2D eigenvalue weighted by molar-refractivity contribution is 5.81. The summed E-state index contributed by atoms with van der Waals surface area (Å²) in [7, 11) is 0. The standard InChI is InChI=1S/C21H38O7/c1-3-5-6-7-8-9-10-11-21(23)28-19-17-26-15-13-24-12-14-25-16-18-27-20(22)4-2/h4H,2-3,5-19H2,1H3. The van der Waals surface area contributed by atoms with Gasteiger partial charge in [-0.05, 0) is 6.42 Å². The zero-order valence-electron chi connectivity index (χ0n) is 17.5. The molecule has 0 spiro atoms. The minimum absolute atomic E-state index is 0.149. The molecule has 0 saturated carbocycles. The van der Waals surface area contributed by atoms with Crippen LogP contribution in [0.5, 0.6) is 0 Å². The van der Waals surface area contributed by atoms with E-state index in [4.69, 9.17) is 23.7 Å². The third-order valence-electron chi connectivity index (χ3n) is 3.86. The van der Waals surface area contributed by atoms with Crippen molar-refractivity contribution in [2.45, 2.75) is 58.3 Å². The fraction of sp³-hybridized carbons (Fsp3) is 0.810. The van der Waals surface area contributed by atoms with Gasteiger partial charge in [-0.1, -0.05) is 52.0 Å². The minimum Gasteiger partial charge on any atom is -0.463 e. The highest BCUT2D eigenvalue weighted by Crippen LogP contribution is 2.08. The molecule has 164 valence electrons. The molecule has 0 fully saturated rings. The molecule has 0 amide bonds. The average molecular weight is 403 g/mol. The molecule has 7 heteroatoms. The summed E-state index contributed by atoms with van der Waals surface area (Å²) in [6.07, 6.45) is 9.91. The number of rotatable bonds is 21. The molecule has 0 aromatic carbocycles. The Morgan fingerprint density at radius 3 is 1.68 bits per heavy atom. The first-order chi connectivity index (χ1) is 13.7. The van der Waals surface area contributed by atoms with Crippen molar-refractivity contribution in [3.05, 3.63) is 12.7 Å². The number of hydrogen-bond acceptors (Lipinski definition) is 7. The van der Waals surface area contributed by atoms with E-state index in [1.165, 1.54) is 32.1 Å². The van der Waals surface area contributed by atoms with E-state index in [9.17, 15) is 9.59 Å². The van der Waals surface area contributed by atoms with Gasteiger partial charge in [-0.25, -0.2) is 4.79 Å². The van der Waals surface area contributed by atoms with Gasteiger partial charge in [0.15, 0.2) is 0 Å². The number of esters is 2. The highest BCUT2D eigenvalue weighted by atomic mass is 16.6. The number of hydrogen-bond donors (Lipinski definition) is 0. The molecule has 0 aliphatic carbocycles. The first kappa shape index (κ1) is 26.6. The molecule has 0 N–H and O–H groups in total. The predicted octanol–water partition coefficient (Wildman–Crippen LogP) is 3.45. The van der Waals surface area contributed by atoms with Gasteiger partial charge in [-0.15, -0.1) is 0 Å². The smallest absolute Gasteiger partial charge is 0.330 e. The maximum Gasteiger partial charge on any atom is 0.330 e. The lowest BCUT2D eigenvalue weighted by molar-refractivity contribution is -0.145. The zero-order valence-corrected chi connectivity index (χ0v) is 17.5. The summed E-state index contributed by atoms with van der Waals surface area (Å²) in [5.74, 6) is -0.607. The van der Waals surface area contributed by atoms with Gasteiger partial charge in [0.1, 0.15) is 13.2 Å². The van der Waals surface area contributed by atoms with E-state index in [-0.39, 0.29) is 19.2 Å². The molecule has 0 aromatic rings. The van der Waals surface area contributed by atoms with Gasteiger partial charge in [0.05, 0.1) is 39.6 Å². The molecule has 0 aliphatic rings. The molecule has 0 unspecified atom stereocenters. The summed E-state index contributed by atoms with van der Waals surface area (Å²) in [5, 5.41) is 0. The molecule has 0 saturated heterocycles. The van der Waals surface area contributed by atoms with Crippen molar-refractivity contribution in [2.24, 2.45) is 0 Å². The van der Waals surface area contributed by atoms with Gasteiger partial charge in [0, 0.05) is 12.5 Å². The third-order valence-corrected chi connectivity index (χ3v) is 3.86. The van der Waals surface area contributed by atoms with Crippen LogP contribution in [-0.2, 0) is 33.3 Å². The van der Waals surface area contributed by atoms with Gasteiger partial charge >= 0.3 is 11.9 Å². The van der Waals surface area contributed by atoms with Crippen LogP contribution in [0.3, 0.4) is 0 Å². The van der Waals surface area contributed by atoms with Crippen molar-refractivity contribution in [1.29, 1.82) is 0 Å². The van der Waals surface area contributed by atoms with Crippen molar-refractivity contribution >= 4 is 11.9 Å². The predicted molar refractivity (Wildman–Crippen MR) is 107 cm³/mol. The summed E-state index contributed by atoms with van der Waals surface area (Å²) in [6, 6.07) is 0. The first-order valence-electron chi connectivity index (χ1n) is 10.4. The minimum atomic E-state index is -0.458. The molecule has 28 heavy (non-hydrogen) atoms. The van der Waals surface area contributed by atoms with Crippen molar-refractivity contribution in [3.63, 3.8) is 0 Å². The summed E-state index contributed by atoms with van der Waals surface area (Å²) in [6.45, 7) is 8.42. The van der Waals surface area contributed by atoms with E-state index < -0.39 is 5.97 Å². The van der Waals surface area contributed by atoms with Gasteiger partial charge in [-0.2, -0.15) is 0 Å². The number of unbranched alkanes of at least 4 members (excludes halogenated alkanes) is 6. The van der Waals surface area contributed by atoms with Crippen LogP contribution < -0.4 is 0 Å². The van der Waals surface area contributed by atoms with E-state index in [0.29, 0.717) is 46.1 Å². The fourth-order valence-corrected chi connectivity index (χ4v) is 2.32. The first-order valence-corrected chi connectivity index (χ1v) is 10.4. The lowest BCUT2D eigenvalue weighted by atomic mass is 10.1. The lowest BCUT2D eigenvalue weighted by Gasteiger charge is -2.08. The SMILES string of the molecule is C=CC(=O)OCCOCCOCCOCCOC(=O)CCCCCCCCC. The lowest BCUT2D eigenvalue weighted by Crippen LogP contribution is -2.15. The fourth-order valence-electron chi connectivity index (χ4n) is 2.32. The maximum atomic E-state index is 11.6. The van der Waals surface area contributed by atoms with E-state index >= 15 is 0 Å². The summed E-state index contributed by atoms with van der Waals surface area (Å²) >= 11 is 0. The molecular weight excluding hydrogens is 364 g/mol. The van der Waals surface area contributed by atoms with Crippen molar-refractivity contribution in [3.8, 4) is 0 Å². The van der Waals surface area contributed by atoms with E-state index in [2.05, 4.69) is 13.5 Å². The van der Waals surface area contributed by atoms with Gasteiger partial charge in [-0.3, -0.25) is 4.79 Å². The Bertz CT molecular complexity index is 385. The molecule has 0 bridgehead atoms. The third kappa shape index (κ3) is 20.9. The van der Waals surface area contributed by atoms with E-state index in [0.717, 1.165) is 18.9 Å². The second-order valence-electron chi connectivity index (χ2n) is 6.30. The Kier molecular flexibility index (Phi) is 20.7. The van der Waals surface area contributed by atoms with E-state index in [1.807, 2.05) is 0 Å². The number of ether oxygens (including phenoxy) is 5. The Morgan fingerprint density at radius 1 is 0.679 bits per heavy atom. The highest BCUT2D eigenvalue weighted by Gasteiger charge is 2.02. The molecule has 0 aromatic heterocycles. The van der Waals surface area contributed by atoms with Crippen LogP contribution in [0.4, 0.5) is 0 Å². The van der Waals surface area contributed by atoms with Crippen molar-refractivity contribution in [2.75, 3.05) is 52.9 Å². The Hall–Kier alpha value is -1.44. The molecule has 0 aliphatic heterocycles. The van der Waals surface area contributed by atoms with Crippen LogP contribution in [0.25, 0.3) is 0 Å². The van der Waals surface area contributed by atoms with Crippen LogP contribution in [-0.4, -0.2) is 64.8 Å². The van der Waals surface area contributed by atoms with Crippen molar-refractivity contribution in [1.82, 2.24) is 0 Å². The second-order valence-corrected chi connectivity index (χ2v) is 6.30. The van der Waals surface area contributed by atoms with Crippen LogP contribution in [0, 0.1) is 0 Å². The van der Waals surface area contributed by atoms with Crippen LogP contribution in [0.2, 0.25) is 0 Å². The Balaban J connectivity index is 3.17. The van der Waals surface area contributed by atoms with Gasteiger partial charge in [0.25, 0.3) is 0 Å². The Labute approximate surface area is 169 Å². The number of carbonyl (C=O) groups is 2. The molecule has 0 heterocycles. The number of carbonyl (C=O) groups excluding carboxylic acids is 2. The van der Waals surface area contributed by atoms with Gasteiger partial charge < -0.3 is 23.7 Å². The molecular formula is C21H38O7. The van der Waals surface area contributed by atoms with Crippen LogP contribution in [0.1, 0.15) is 58.3 Å². The molecule has 0 radical (unpaired) electrons. The molecule has 7 nitrogen and oxygen atoms in total. The largest absolute Gasteiger partial charge is 0.463 e. The maximum absolute atomic E-state index is 11.6.